The zero-order chi connectivity index (χ0) is 11.9. The molecule has 0 saturated heterocycles. The van der Waals surface area contributed by atoms with Crippen LogP contribution in [0.3, 0.4) is 0 Å². The summed E-state index contributed by atoms with van der Waals surface area (Å²) in [5.41, 5.74) is 2.11. The summed E-state index contributed by atoms with van der Waals surface area (Å²) in [6, 6.07) is 7.48. The van der Waals surface area contributed by atoms with Gasteiger partial charge in [0.15, 0.2) is 0 Å². The highest BCUT2D eigenvalue weighted by atomic mass is 35.6. The Morgan fingerprint density at radius 2 is 2.00 bits per heavy atom. The number of hydrogen-bond donors (Lipinski definition) is 0. The van der Waals surface area contributed by atoms with E-state index in [9.17, 15) is 4.79 Å². The van der Waals surface area contributed by atoms with E-state index >= 15 is 0 Å². The number of aryl methyl sites for hydroxylation is 1. The smallest absolute Gasteiger partial charge is 0.255 e. The van der Waals surface area contributed by atoms with Crippen molar-refractivity contribution in [3.05, 3.63) is 41.7 Å². The molecule has 0 fully saturated rings. The lowest BCUT2D eigenvalue weighted by Gasteiger charge is -2.10. The predicted octanol–water partition coefficient (Wildman–Crippen LogP) is 3.80. The number of rotatable bonds is 1. The normalized spacial score (nSPS) is 12.0. The summed E-state index contributed by atoms with van der Waals surface area (Å²) in [6.45, 7) is 1.82. The number of ketones is 1. The van der Waals surface area contributed by atoms with E-state index in [2.05, 4.69) is 0 Å². The van der Waals surface area contributed by atoms with Crippen LogP contribution >= 0.6 is 34.8 Å². The topological polar surface area (TPSA) is 21.5 Å². The van der Waals surface area contributed by atoms with Crippen molar-refractivity contribution in [3.8, 4) is 0 Å². The van der Waals surface area contributed by atoms with E-state index in [1.54, 1.807) is 10.6 Å². The van der Waals surface area contributed by atoms with Crippen LogP contribution in [0.1, 0.15) is 16.1 Å². The maximum Gasteiger partial charge on any atom is 0.255 e. The van der Waals surface area contributed by atoms with Crippen LogP contribution in [-0.4, -0.2) is 14.0 Å². The van der Waals surface area contributed by atoms with E-state index in [-0.39, 0.29) is 0 Å². The van der Waals surface area contributed by atoms with E-state index in [0.29, 0.717) is 5.69 Å². The van der Waals surface area contributed by atoms with Gasteiger partial charge in [0, 0.05) is 11.7 Å². The van der Waals surface area contributed by atoms with E-state index in [4.69, 9.17) is 34.8 Å². The summed E-state index contributed by atoms with van der Waals surface area (Å²) >= 11 is 16.8. The molecule has 2 rings (SSSR count). The van der Waals surface area contributed by atoms with Gasteiger partial charge < -0.3 is 4.40 Å². The fourth-order valence-electron chi connectivity index (χ4n) is 1.68. The first-order valence-corrected chi connectivity index (χ1v) is 5.73. The lowest BCUT2D eigenvalue weighted by molar-refractivity contribution is 0.0990. The Morgan fingerprint density at radius 1 is 1.31 bits per heavy atom. The third-order valence-corrected chi connectivity index (χ3v) is 2.86. The van der Waals surface area contributed by atoms with Crippen molar-refractivity contribution in [2.45, 2.75) is 10.7 Å². The van der Waals surface area contributed by atoms with Gasteiger partial charge in [-0.15, -0.1) is 0 Å². The molecule has 0 bridgehead atoms. The van der Waals surface area contributed by atoms with Gasteiger partial charge in [-0.3, -0.25) is 4.79 Å². The van der Waals surface area contributed by atoms with Crippen LogP contribution in [0, 0.1) is 6.92 Å². The standard InChI is InChI=1S/C11H8Cl3NO/c1-7-6-8-4-2-3-5-15(8)9(7)10(16)11(12,13)14/h2-6H,1H3. The van der Waals surface area contributed by atoms with Crippen LogP contribution < -0.4 is 0 Å². The summed E-state index contributed by atoms with van der Waals surface area (Å²) in [5, 5.41) is 0. The first-order chi connectivity index (χ1) is 7.41. The second kappa shape index (κ2) is 3.95. The van der Waals surface area contributed by atoms with Gasteiger partial charge in [0.1, 0.15) is 0 Å². The summed E-state index contributed by atoms with van der Waals surface area (Å²) in [4.78, 5) is 11.9. The minimum absolute atomic E-state index is 0.413. The SMILES string of the molecule is Cc1cc2ccccn2c1C(=O)C(Cl)(Cl)Cl. The average molecular weight is 277 g/mol. The molecule has 84 valence electrons. The van der Waals surface area contributed by atoms with Gasteiger partial charge >= 0.3 is 0 Å². The Kier molecular flexibility index (Phi) is 2.91. The van der Waals surface area contributed by atoms with Gasteiger partial charge in [-0.2, -0.15) is 0 Å². The van der Waals surface area contributed by atoms with Gasteiger partial charge in [0.25, 0.3) is 3.79 Å². The molecular formula is C11H8Cl3NO. The van der Waals surface area contributed by atoms with Gasteiger partial charge in [0.05, 0.1) is 5.69 Å². The van der Waals surface area contributed by atoms with E-state index in [1.807, 2.05) is 31.2 Å². The van der Waals surface area contributed by atoms with Crippen LogP contribution in [0.2, 0.25) is 0 Å². The van der Waals surface area contributed by atoms with Gasteiger partial charge in [0.2, 0.25) is 5.78 Å². The Hall–Kier alpha value is -0.700. The number of pyridine rings is 1. The number of nitrogens with zero attached hydrogens (tertiary/aromatic N) is 1. The third-order valence-electron chi connectivity index (χ3n) is 2.34. The summed E-state index contributed by atoms with van der Waals surface area (Å²) in [6.07, 6.45) is 1.77. The molecule has 0 aliphatic heterocycles. The van der Waals surface area contributed by atoms with Gasteiger partial charge in [-0.25, -0.2) is 0 Å². The number of carbonyl (C=O) groups excluding carboxylic acids is 1. The van der Waals surface area contributed by atoms with E-state index in [0.717, 1.165) is 11.1 Å². The molecule has 0 N–H and O–H groups in total. The van der Waals surface area contributed by atoms with E-state index < -0.39 is 9.58 Å². The van der Waals surface area contributed by atoms with Gasteiger partial charge in [-0.1, -0.05) is 40.9 Å². The molecule has 0 radical (unpaired) electrons. The molecular weight excluding hydrogens is 268 g/mol. The number of Topliss-reactive ketones (excluding diaryl/α,β-unsaturated/α-hetero) is 1. The molecule has 2 heterocycles. The minimum atomic E-state index is -1.92. The maximum atomic E-state index is 11.9. The largest absolute Gasteiger partial charge is 0.314 e. The Balaban J connectivity index is 2.69. The highest BCUT2D eigenvalue weighted by molar-refractivity contribution is 6.77. The quantitative estimate of drug-likeness (QED) is 0.573. The molecule has 5 heteroatoms. The van der Waals surface area contributed by atoms with Crippen molar-refractivity contribution < 1.29 is 4.79 Å². The molecule has 0 unspecified atom stereocenters. The molecule has 16 heavy (non-hydrogen) atoms. The molecule has 0 amide bonds. The van der Waals surface area contributed by atoms with Crippen LogP contribution in [0.25, 0.3) is 5.52 Å². The first-order valence-electron chi connectivity index (χ1n) is 4.59. The van der Waals surface area contributed by atoms with Crippen molar-refractivity contribution in [1.82, 2.24) is 4.40 Å². The zero-order valence-electron chi connectivity index (χ0n) is 8.38. The van der Waals surface area contributed by atoms with Crippen molar-refractivity contribution in [3.63, 3.8) is 0 Å². The summed E-state index contributed by atoms with van der Waals surface area (Å²) in [5.74, 6) is -0.513. The fourth-order valence-corrected chi connectivity index (χ4v) is 1.95. The highest BCUT2D eigenvalue weighted by Gasteiger charge is 2.34. The van der Waals surface area contributed by atoms with Crippen molar-refractivity contribution >= 4 is 46.1 Å². The van der Waals surface area contributed by atoms with Crippen molar-refractivity contribution in [2.24, 2.45) is 0 Å². The summed E-state index contributed by atoms with van der Waals surface area (Å²) < 4.78 is -0.200. The van der Waals surface area contributed by atoms with Gasteiger partial charge in [-0.05, 0) is 30.7 Å². The maximum absolute atomic E-state index is 11.9. The number of carbonyl (C=O) groups is 1. The lowest BCUT2D eigenvalue weighted by Crippen LogP contribution is -2.21. The summed E-state index contributed by atoms with van der Waals surface area (Å²) in [7, 11) is 0. The first kappa shape index (κ1) is 11.8. The number of hydrogen-bond acceptors (Lipinski definition) is 1. The Bertz CT molecular complexity index is 554. The van der Waals surface area contributed by atoms with Crippen LogP contribution in [0.15, 0.2) is 30.5 Å². The zero-order valence-corrected chi connectivity index (χ0v) is 10.6. The predicted molar refractivity (Wildman–Crippen MR) is 66.8 cm³/mol. The van der Waals surface area contributed by atoms with Crippen molar-refractivity contribution in [2.75, 3.05) is 0 Å². The fraction of sp³-hybridized carbons (Fsp3) is 0.182. The Morgan fingerprint density at radius 3 is 2.62 bits per heavy atom. The van der Waals surface area contributed by atoms with Crippen molar-refractivity contribution in [1.29, 1.82) is 0 Å². The molecule has 0 aliphatic rings. The number of fused-ring (bicyclic) bond motifs is 1. The molecule has 0 aromatic carbocycles. The third kappa shape index (κ3) is 1.93. The highest BCUT2D eigenvalue weighted by Crippen LogP contribution is 2.32. The molecule has 2 aromatic rings. The second-order valence-corrected chi connectivity index (χ2v) is 5.78. The molecule has 2 aromatic heterocycles. The molecule has 0 atom stereocenters. The second-order valence-electron chi connectivity index (χ2n) is 3.50. The molecule has 0 aliphatic carbocycles. The molecule has 0 saturated carbocycles. The van der Waals surface area contributed by atoms with Crippen LogP contribution in [0.4, 0.5) is 0 Å². The molecule has 2 nitrogen and oxygen atoms in total. The van der Waals surface area contributed by atoms with E-state index in [1.165, 1.54) is 0 Å². The monoisotopic (exact) mass is 275 g/mol. The number of alkyl halides is 3. The molecule has 0 spiro atoms. The number of halogens is 3. The van der Waals surface area contributed by atoms with Crippen LogP contribution in [-0.2, 0) is 0 Å². The van der Waals surface area contributed by atoms with Crippen LogP contribution in [0.5, 0.6) is 0 Å². The lowest BCUT2D eigenvalue weighted by atomic mass is 10.2. The Labute approximate surface area is 108 Å². The average Bonchev–Trinajstić information content (AvgIpc) is 2.51. The number of aromatic nitrogens is 1. The minimum Gasteiger partial charge on any atom is -0.314 e.